The van der Waals surface area contributed by atoms with E-state index in [1.165, 1.54) is 0 Å². The van der Waals surface area contributed by atoms with Crippen LogP contribution in [0.15, 0.2) is 36.6 Å². The van der Waals surface area contributed by atoms with Crippen molar-refractivity contribution in [3.05, 3.63) is 70.7 Å². The zero-order valence-electron chi connectivity index (χ0n) is 22.2. The number of H-pyrrole nitrogens is 2. The first-order valence-corrected chi connectivity index (χ1v) is 11.0. The summed E-state index contributed by atoms with van der Waals surface area (Å²) >= 11 is 0. The van der Waals surface area contributed by atoms with E-state index in [1.807, 2.05) is 0 Å². The monoisotopic (exact) mass is 428 g/mol. The van der Waals surface area contributed by atoms with Crippen LogP contribution in [0.4, 0.5) is 0 Å². The minimum absolute atomic E-state index is 0.0243. The highest BCUT2D eigenvalue weighted by atomic mass is 15.0. The molecule has 4 atom stereocenters. The van der Waals surface area contributed by atoms with Gasteiger partial charge in [0.05, 0.1) is 17.6 Å². The second kappa shape index (κ2) is 9.04. The molecule has 6 heteroatoms. The molecule has 0 unspecified atom stereocenters. The maximum absolute atomic E-state index is 8.39. The van der Waals surface area contributed by atoms with Crippen molar-refractivity contribution in [1.82, 2.24) is 30.6 Å². The van der Waals surface area contributed by atoms with E-state index in [0.29, 0.717) is 23.2 Å². The molecule has 0 spiro atoms. The van der Waals surface area contributed by atoms with Crippen molar-refractivity contribution in [2.75, 3.05) is 13.1 Å². The number of nitrogens with one attached hydrogen (secondary N) is 4. The number of hydrogen-bond acceptors (Lipinski definition) is 4. The number of benzene rings is 1. The molecule has 4 heterocycles. The van der Waals surface area contributed by atoms with Crippen LogP contribution in [-0.4, -0.2) is 33.0 Å². The largest absolute Gasteiger partial charge is 0.346 e. The van der Waals surface area contributed by atoms with E-state index in [4.69, 9.17) is 5.48 Å². The van der Waals surface area contributed by atoms with E-state index in [2.05, 4.69) is 68.1 Å². The summed E-state index contributed by atoms with van der Waals surface area (Å²) < 4.78 is 33.6. The fourth-order valence-electron chi connectivity index (χ4n) is 4.09. The Bertz CT molecular complexity index is 1280. The summed E-state index contributed by atoms with van der Waals surface area (Å²) in [5.41, 5.74) is 1.03. The average molecular weight is 429 g/mol. The second-order valence-electron chi connectivity index (χ2n) is 8.70. The van der Waals surface area contributed by atoms with Gasteiger partial charge in [0.15, 0.2) is 0 Å². The minimum Gasteiger partial charge on any atom is -0.346 e. The smallest absolute Gasteiger partial charge is 0.131 e. The summed E-state index contributed by atoms with van der Waals surface area (Å²) in [7, 11) is 0. The van der Waals surface area contributed by atoms with Crippen molar-refractivity contribution >= 4 is 0 Å². The first-order chi connectivity index (χ1) is 17.3. The van der Waals surface area contributed by atoms with E-state index in [0.717, 1.165) is 37.6 Å². The average Bonchev–Trinajstić information content (AvgIpc) is 3.65. The summed E-state index contributed by atoms with van der Waals surface area (Å²) in [6.07, 6.45) is 5.39. The van der Waals surface area contributed by atoms with E-state index in [1.54, 1.807) is 12.4 Å². The fourth-order valence-corrected chi connectivity index (χ4v) is 4.09. The molecule has 32 heavy (non-hydrogen) atoms. The van der Waals surface area contributed by atoms with Crippen molar-refractivity contribution < 1.29 is 5.48 Å². The summed E-state index contributed by atoms with van der Waals surface area (Å²) in [6.45, 7) is 6.27. The molecule has 2 saturated heterocycles. The number of nitrogens with zero attached hydrogens (tertiary/aromatic N) is 2. The van der Waals surface area contributed by atoms with Crippen LogP contribution >= 0.6 is 0 Å². The van der Waals surface area contributed by atoms with Gasteiger partial charge in [0.1, 0.15) is 23.0 Å². The maximum atomic E-state index is 8.39. The van der Waals surface area contributed by atoms with Gasteiger partial charge < -0.3 is 20.6 Å². The highest BCUT2D eigenvalue weighted by Gasteiger charge is 2.25. The van der Waals surface area contributed by atoms with Crippen LogP contribution < -0.4 is 10.6 Å². The molecule has 2 fully saturated rings. The summed E-state index contributed by atoms with van der Waals surface area (Å²) in [6, 6.07) is -0.558. The summed E-state index contributed by atoms with van der Waals surface area (Å²) in [4.78, 5) is 15.3. The van der Waals surface area contributed by atoms with Crippen LogP contribution in [0.3, 0.4) is 0 Å². The molecule has 0 radical (unpaired) electrons. The van der Waals surface area contributed by atoms with Crippen LogP contribution in [0, 0.1) is 35.5 Å². The van der Waals surface area contributed by atoms with E-state index in [9.17, 15) is 0 Å². The van der Waals surface area contributed by atoms with Crippen LogP contribution in [0.1, 0.15) is 78.4 Å². The molecule has 0 amide bonds. The first kappa shape index (κ1) is 16.3. The fraction of sp³-hybridized carbons (Fsp3) is 0.385. The number of imidazole rings is 2. The molecule has 5 rings (SSSR count). The standard InChI is InChI=1S/C26H28N6/c1-17-11-23(27-13-17)25-29-15-21(31-25)9-7-19-3-5-20(6-4-19)8-10-22-16-30-26(32-22)24-12-18(2)14-28-24/h3-6,15-18,23-24,27-28H,11-14H2,1-2H3,(H,29,31)(H,30,32)/t17-,18-,23-,24-/m0/s1/i3D,4D,5D,6D. The lowest BCUT2D eigenvalue weighted by Crippen LogP contribution is -2.14. The van der Waals surface area contributed by atoms with Gasteiger partial charge in [-0.15, -0.1) is 0 Å². The van der Waals surface area contributed by atoms with Crippen LogP contribution in [-0.2, 0) is 0 Å². The zero-order chi connectivity index (χ0) is 25.4. The molecule has 4 N–H and O–H groups in total. The molecule has 3 aromatic rings. The second-order valence-corrected chi connectivity index (χ2v) is 8.70. The normalized spacial score (nSPS) is 26.3. The molecule has 162 valence electrons. The van der Waals surface area contributed by atoms with Gasteiger partial charge in [-0.1, -0.05) is 25.7 Å². The molecular weight excluding hydrogens is 396 g/mol. The number of aromatic amines is 2. The molecule has 2 aliphatic rings. The molecule has 6 nitrogen and oxygen atoms in total. The van der Waals surface area contributed by atoms with Crippen LogP contribution in [0.2, 0.25) is 0 Å². The van der Waals surface area contributed by atoms with Gasteiger partial charge in [0, 0.05) is 23.5 Å². The Morgan fingerprint density at radius 1 is 0.750 bits per heavy atom. The lowest BCUT2D eigenvalue weighted by molar-refractivity contribution is 0.587. The molecule has 0 saturated carbocycles. The Labute approximate surface area is 194 Å². The van der Waals surface area contributed by atoms with Gasteiger partial charge in [0.25, 0.3) is 0 Å². The Morgan fingerprint density at radius 3 is 1.56 bits per heavy atom. The Balaban J connectivity index is 1.38. The Morgan fingerprint density at radius 2 is 1.19 bits per heavy atom. The van der Waals surface area contributed by atoms with E-state index >= 15 is 0 Å². The Hall–Kier alpha value is -3.32. The predicted molar refractivity (Wildman–Crippen MR) is 125 cm³/mol. The number of rotatable bonds is 2. The highest BCUT2D eigenvalue weighted by molar-refractivity contribution is 5.46. The number of hydrogen-bond donors (Lipinski definition) is 4. The van der Waals surface area contributed by atoms with Gasteiger partial charge in [-0.2, -0.15) is 0 Å². The van der Waals surface area contributed by atoms with Gasteiger partial charge in [-0.25, -0.2) is 9.97 Å². The number of aromatic nitrogens is 4. The van der Waals surface area contributed by atoms with Gasteiger partial charge in [-0.05, 0) is 73.8 Å². The zero-order valence-corrected chi connectivity index (χ0v) is 18.2. The molecule has 2 aromatic heterocycles. The highest BCUT2D eigenvalue weighted by Crippen LogP contribution is 2.25. The van der Waals surface area contributed by atoms with E-state index < -0.39 is 0 Å². The molecule has 2 aliphatic heterocycles. The third kappa shape index (κ3) is 4.78. The Kier molecular flexibility index (Phi) is 4.62. The van der Waals surface area contributed by atoms with Crippen molar-refractivity contribution in [2.45, 2.75) is 38.8 Å². The molecular formula is C26H28N6. The van der Waals surface area contributed by atoms with Gasteiger partial charge in [0.2, 0.25) is 0 Å². The van der Waals surface area contributed by atoms with Crippen molar-refractivity contribution in [3.8, 4) is 23.7 Å². The maximum Gasteiger partial charge on any atom is 0.131 e. The van der Waals surface area contributed by atoms with Crippen LogP contribution in [0.5, 0.6) is 0 Å². The first-order valence-electron chi connectivity index (χ1n) is 13.0. The van der Waals surface area contributed by atoms with Gasteiger partial charge >= 0.3 is 0 Å². The van der Waals surface area contributed by atoms with Crippen molar-refractivity contribution in [2.24, 2.45) is 11.8 Å². The summed E-state index contributed by atoms with van der Waals surface area (Å²) in [5.74, 6) is 14.1. The molecule has 0 aliphatic carbocycles. The third-order valence-corrected chi connectivity index (χ3v) is 5.81. The molecule has 0 bridgehead atoms. The quantitative estimate of drug-likeness (QED) is 0.472. The third-order valence-electron chi connectivity index (χ3n) is 5.81. The lowest BCUT2D eigenvalue weighted by atomic mass is 10.1. The van der Waals surface area contributed by atoms with Crippen LogP contribution in [0.25, 0.3) is 0 Å². The van der Waals surface area contributed by atoms with Gasteiger partial charge in [-0.3, -0.25) is 0 Å². The topological polar surface area (TPSA) is 81.4 Å². The molecule has 1 aromatic carbocycles. The lowest BCUT2D eigenvalue weighted by Gasteiger charge is -2.04. The van der Waals surface area contributed by atoms with E-state index in [-0.39, 0.29) is 47.4 Å². The van der Waals surface area contributed by atoms with Crippen molar-refractivity contribution in [1.29, 1.82) is 0 Å². The predicted octanol–water partition coefficient (Wildman–Crippen LogP) is 3.27. The van der Waals surface area contributed by atoms with Crippen molar-refractivity contribution in [3.63, 3.8) is 0 Å². The minimum atomic E-state index is -0.221. The SMILES string of the molecule is [2H]c1c([2H])c(C#Cc2c[nH]c([C@@H]3C[C@H](C)CN3)n2)c([2H])c([2H])c1C#Cc1c[nH]c([C@@H]2C[C@H](C)CN2)n1. The summed E-state index contributed by atoms with van der Waals surface area (Å²) in [5, 5.41) is 6.83.